The zero-order valence-corrected chi connectivity index (χ0v) is 10.4. The summed E-state index contributed by atoms with van der Waals surface area (Å²) in [6.45, 7) is 4.10. The molecule has 2 N–H and O–H groups in total. The molecule has 1 aromatic carbocycles. The van der Waals surface area contributed by atoms with Crippen LogP contribution in [0.4, 0.5) is 5.82 Å². The molecular formula is C12H13BrN2. The number of fused-ring (bicyclic) bond motifs is 1. The summed E-state index contributed by atoms with van der Waals surface area (Å²) < 4.78 is 1.10. The van der Waals surface area contributed by atoms with E-state index in [0.717, 1.165) is 27.4 Å². The highest BCUT2D eigenvalue weighted by Gasteiger charge is 2.05. The van der Waals surface area contributed by atoms with Crippen LogP contribution in [0.3, 0.4) is 0 Å². The van der Waals surface area contributed by atoms with Crippen LogP contribution in [-0.4, -0.2) is 4.98 Å². The number of anilines is 1. The number of nitrogens with two attached hydrogens (primary N) is 1. The first kappa shape index (κ1) is 10.4. The smallest absolute Gasteiger partial charge is 0.127 e. The lowest BCUT2D eigenvalue weighted by Crippen LogP contribution is -1.96. The van der Waals surface area contributed by atoms with Crippen molar-refractivity contribution in [2.45, 2.75) is 20.3 Å². The minimum Gasteiger partial charge on any atom is -0.383 e. The number of nitrogens with zero attached hydrogens (tertiary/aromatic N) is 1. The van der Waals surface area contributed by atoms with Crippen LogP contribution in [0.15, 0.2) is 22.7 Å². The Morgan fingerprint density at radius 1 is 1.33 bits per heavy atom. The monoisotopic (exact) mass is 264 g/mol. The Morgan fingerprint density at radius 2 is 2.07 bits per heavy atom. The molecule has 1 heterocycles. The van der Waals surface area contributed by atoms with Crippen LogP contribution in [-0.2, 0) is 6.42 Å². The van der Waals surface area contributed by atoms with Crippen molar-refractivity contribution in [3.63, 3.8) is 0 Å². The van der Waals surface area contributed by atoms with E-state index in [1.165, 1.54) is 5.56 Å². The molecule has 2 rings (SSSR count). The maximum absolute atomic E-state index is 5.82. The van der Waals surface area contributed by atoms with Gasteiger partial charge >= 0.3 is 0 Å². The number of aryl methyl sites for hydroxylation is 2. The molecule has 0 spiro atoms. The van der Waals surface area contributed by atoms with Crippen LogP contribution in [0, 0.1) is 6.92 Å². The second kappa shape index (κ2) is 3.81. The van der Waals surface area contributed by atoms with Gasteiger partial charge in [-0.2, -0.15) is 0 Å². The Kier molecular flexibility index (Phi) is 2.65. The van der Waals surface area contributed by atoms with E-state index in [1.807, 2.05) is 6.92 Å². The van der Waals surface area contributed by atoms with Gasteiger partial charge in [-0.05, 0) is 42.7 Å². The summed E-state index contributed by atoms with van der Waals surface area (Å²) in [7, 11) is 0. The van der Waals surface area contributed by atoms with Crippen LogP contribution in [0.1, 0.15) is 18.1 Å². The number of halogens is 1. The number of pyridine rings is 1. The second-order valence-electron chi connectivity index (χ2n) is 3.68. The Labute approximate surface area is 97.6 Å². The molecule has 1 aromatic heterocycles. The Bertz CT molecular complexity index is 521. The quantitative estimate of drug-likeness (QED) is 0.857. The SMILES string of the molecule is CCc1cc(Br)cc2cc(C)c(N)nc12. The molecule has 0 atom stereocenters. The van der Waals surface area contributed by atoms with E-state index in [-0.39, 0.29) is 0 Å². The predicted molar refractivity (Wildman–Crippen MR) is 68.0 cm³/mol. The highest BCUT2D eigenvalue weighted by atomic mass is 79.9. The molecule has 0 radical (unpaired) electrons. The molecule has 78 valence electrons. The fourth-order valence-electron chi connectivity index (χ4n) is 1.71. The Balaban J connectivity index is 2.84. The van der Waals surface area contributed by atoms with Crippen molar-refractivity contribution in [3.05, 3.63) is 33.8 Å². The van der Waals surface area contributed by atoms with Gasteiger partial charge in [-0.3, -0.25) is 0 Å². The van der Waals surface area contributed by atoms with E-state index >= 15 is 0 Å². The molecule has 0 amide bonds. The molecule has 0 aliphatic heterocycles. The molecule has 0 fully saturated rings. The van der Waals surface area contributed by atoms with Gasteiger partial charge in [0.25, 0.3) is 0 Å². The average Bonchev–Trinajstić information content (AvgIpc) is 2.19. The summed E-state index contributed by atoms with van der Waals surface area (Å²) in [4.78, 5) is 4.44. The third-order valence-corrected chi connectivity index (χ3v) is 3.03. The topological polar surface area (TPSA) is 38.9 Å². The minimum atomic E-state index is 0.625. The summed E-state index contributed by atoms with van der Waals surface area (Å²) in [5.74, 6) is 0.625. The molecule has 0 saturated carbocycles. The Morgan fingerprint density at radius 3 is 2.73 bits per heavy atom. The zero-order valence-electron chi connectivity index (χ0n) is 8.84. The number of nitrogen functional groups attached to an aromatic ring is 1. The largest absolute Gasteiger partial charge is 0.383 e. The van der Waals surface area contributed by atoms with E-state index in [9.17, 15) is 0 Å². The van der Waals surface area contributed by atoms with Crippen molar-refractivity contribution < 1.29 is 0 Å². The van der Waals surface area contributed by atoms with E-state index < -0.39 is 0 Å². The number of benzene rings is 1. The number of rotatable bonds is 1. The minimum absolute atomic E-state index is 0.625. The van der Waals surface area contributed by atoms with Crippen molar-refractivity contribution in [2.24, 2.45) is 0 Å². The van der Waals surface area contributed by atoms with E-state index in [4.69, 9.17) is 5.73 Å². The number of aromatic nitrogens is 1. The maximum atomic E-state index is 5.82. The summed E-state index contributed by atoms with van der Waals surface area (Å²) >= 11 is 3.51. The van der Waals surface area contributed by atoms with Crippen molar-refractivity contribution in [1.29, 1.82) is 0 Å². The molecule has 0 unspecified atom stereocenters. The second-order valence-corrected chi connectivity index (χ2v) is 4.60. The Hall–Kier alpha value is -1.09. The van der Waals surface area contributed by atoms with Crippen molar-refractivity contribution in [3.8, 4) is 0 Å². The number of hydrogen-bond donors (Lipinski definition) is 1. The van der Waals surface area contributed by atoms with Gasteiger partial charge in [0.2, 0.25) is 0 Å². The van der Waals surface area contributed by atoms with E-state index in [2.05, 4.69) is 46.0 Å². The standard InChI is InChI=1S/C12H13BrN2/c1-3-8-5-10(13)6-9-4-7(2)12(14)15-11(8)9/h4-6H,3H2,1-2H3,(H2,14,15). The molecule has 0 saturated heterocycles. The highest BCUT2D eigenvalue weighted by Crippen LogP contribution is 2.25. The molecule has 0 aliphatic rings. The van der Waals surface area contributed by atoms with Crippen molar-refractivity contribution in [1.82, 2.24) is 4.98 Å². The van der Waals surface area contributed by atoms with Gasteiger partial charge in [-0.1, -0.05) is 22.9 Å². The fraction of sp³-hybridized carbons (Fsp3) is 0.250. The summed E-state index contributed by atoms with van der Waals surface area (Å²) in [6, 6.07) is 6.26. The first-order valence-electron chi connectivity index (χ1n) is 4.97. The molecule has 2 aromatic rings. The summed E-state index contributed by atoms with van der Waals surface area (Å²) in [5.41, 5.74) is 9.10. The molecule has 0 bridgehead atoms. The van der Waals surface area contributed by atoms with Gasteiger partial charge in [-0.15, -0.1) is 0 Å². The van der Waals surface area contributed by atoms with Gasteiger partial charge in [0.15, 0.2) is 0 Å². The van der Waals surface area contributed by atoms with E-state index in [1.54, 1.807) is 0 Å². The summed E-state index contributed by atoms with van der Waals surface area (Å²) in [6.07, 6.45) is 0.964. The van der Waals surface area contributed by atoms with Gasteiger partial charge < -0.3 is 5.73 Å². The van der Waals surface area contributed by atoms with Crippen LogP contribution in [0.5, 0.6) is 0 Å². The molecule has 2 nitrogen and oxygen atoms in total. The molecule has 3 heteroatoms. The normalized spacial score (nSPS) is 10.9. The average molecular weight is 265 g/mol. The maximum Gasteiger partial charge on any atom is 0.127 e. The lowest BCUT2D eigenvalue weighted by molar-refractivity contribution is 1.14. The lowest BCUT2D eigenvalue weighted by Gasteiger charge is -2.07. The number of hydrogen-bond acceptors (Lipinski definition) is 2. The van der Waals surface area contributed by atoms with Crippen molar-refractivity contribution >= 4 is 32.7 Å². The van der Waals surface area contributed by atoms with Gasteiger partial charge in [0.05, 0.1) is 5.52 Å². The van der Waals surface area contributed by atoms with Gasteiger partial charge in [0.1, 0.15) is 5.82 Å². The van der Waals surface area contributed by atoms with Gasteiger partial charge in [-0.25, -0.2) is 4.98 Å². The third-order valence-electron chi connectivity index (χ3n) is 2.57. The zero-order chi connectivity index (χ0) is 11.0. The molecule has 0 aliphatic carbocycles. The first-order chi connectivity index (χ1) is 7.11. The predicted octanol–water partition coefficient (Wildman–Crippen LogP) is 3.45. The fourth-order valence-corrected chi connectivity index (χ4v) is 2.23. The van der Waals surface area contributed by atoms with Crippen LogP contribution < -0.4 is 5.73 Å². The highest BCUT2D eigenvalue weighted by molar-refractivity contribution is 9.10. The van der Waals surface area contributed by atoms with Crippen LogP contribution >= 0.6 is 15.9 Å². The van der Waals surface area contributed by atoms with Crippen LogP contribution in [0.2, 0.25) is 0 Å². The third kappa shape index (κ3) is 1.84. The molecular weight excluding hydrogens is 252 g/mol. The lowest BCUT2D eigenvalue weighted by atomic mass is 10.1. The van der Waals surface area contributed by atoms with Crippen molar-refractivity contribution in [2.75, 3.05) is 5.73 Å². The van der Waals surface area contributed by atoms with E-state index in [0.29, 0.717) is 5.82 Å². The van der Waals surface area contributed by atoms with Gasteiger partial charge in [0, 0.05) is 9.86 Å². The summed E-state index contributed by atoms with van der Waals surface area (Å²) in [5, 5.41) is 1.15. The van der Waals surface area contributed by atoms with Crippen LogP contribution in [0.25, 0.3) is 10.9 Å². The molecule has 15 heavy (non-hydrogen) atoms. The first-order valence-corrected chi connectivity index (χ1v) is 5.76.